The largest absolute Gasteiger partial charge is 0.492 e. The van der Waals surface area contributed by atoms with Crippen LogP contribution >= 0.6 is 0 Å². The molecule has 0 fully saturated rings. The molecule has 2 aromatic carbocycles. The van der Waals surface area contributed by atoms with Crippen molar-refractivity contribution in [3.8, 4) is 5.75 Å². The van der Waals surface area contributed by atoms with E-state index in [4.69, 9.17) is 9.15 Å². The van der Waals surface area contributed by atoms with Gasteiger partial charge in [0.15, 0.2) is 0 Å². The van der Waals surface area contributed by atoms with Crippen LogP contribution in [-0.4, -0.2) is 25.0 Å². The molecule has 0 saturated heterocycles. The number of amides is 2. The maximum atomic E-state index is 12.7. The molecule has 0 aliphatic heterocycles. The number of carbonyl (C=O) groups excluding carboxylic acids is 2. The Morgan fingerprint density at radius 2 is 1.87 bits per heavy atom. The van der Waals surface area contributed by atoms with E-state index >= 15 is 0 Å². The first-order valence-corrected chi connectivity index (χ1v) is 9.63. The molecule has 2 N–H and O–H groups in total. The van der Waals surface area contributed by atoms with Crippen molar-refractivity contribution in [1.82, 2.24) is 10.6 Å². The van der Waals surface area contributed by atoms with Gasteiger partial charge in [0.2, 0.25) is 0 Å². The van der Waals surface area contributed by atoms with Gasteiger partial charge in [-0.05, 0) is 55.3 Å². The summed E-state index contributed by atoms with van der Waals surface area (Å²) in [5.41, 5.74) is 2.51. The summed E-state index contributed by atoms with van der Waals surface area (Å²) >= 11 is 0. The van der Waals surface area contributed by atoms with Crippen LogP contribution in [0.25, 0.3) is 6.08 Å². The fourth-order valence-electron chi connectivity index (χ4n) is 2.83. The van der Waals surface area contributed by atoms with Gasteiger partial charge in [0.25, 0.3) is 11.8 Å². The summed E-state index contributed by atoms with van der Waals surface area (Å²) in [5, 5.41) is 5.45. The van der Waals surface area contributed by atoms with Crippen molar-refractivity contribution in [2.45, 2.75) is 13.8 Å². The minimum Gasteiger partial charge on any atom is -0.492 e. The van der Waals surface area contributed by atoms with E-state index in [9.17, 15) is 9.59 Å². The smallest absolute Gasteiger partial charge is 0.268 e. The van der Waals surface area contributed by atoms with E-state index in [-0.39, 0.29) is 18.1 Å². The van der Waals surface area contributed by atoms with Gasteiger partial charge in [-0.15, -0.1) is 0 Å². The maximum absolute atomic E-state index is 12.7. The predicted octanol–water partition coefficient (Wildman–Crippen LogP) is 3.86. The third kappa shape index (κ3) is 5.85. The minimum absolute atomic E-state index is 0.0914. The van der Waals surface area contributed by atoms with Crippen molar-refractivity contribution in [1.29, 1.82) is 0 Å². The van der Waals surface area contributed by atoms with Gasteiger partial charge in [-0.3, -0.25) is 9.59 Å². The number of ether oxygens (including phenoxy) is 1. The number of furan rings is 1. The van der Waals surface area contributed by atoms with E-state index in [1.807, 2.05) is 50.2 Å². The lowest BCUT2D eigenvalue weighted by atomic mass is 10.1. The molecule has 0 radical (unpaired) electrons. The molecular formula is C24H24N2O4. The number of aryl methyl sites for hydroxylation is 2. The average molecular weight is 404 g/mol. The second-order valence-corrected chi connectivity index (χ2v) is 6.76. The van der Waals surface area contributed by atoms with Gasteiger partial charge >= 0.3 is 0 Å². The van der Waals surface area contributed by atoms with Crippen molar-refractivity contribution in [2.75, 3.05) is 13.2 Å². The Labute approximate surface area is 175 Å². The van der Waals surface area contributed by atoms with Crippen LogP contribution in [0.15, 0.2) is 77.0 Å². The molecule has 6 nitrogen and oxygen atoms in total. The summed E-state index contributed by atoms with van der Waals surface area (Å²) in [7, 11) is 0. The van der Waals surface area contributed by atoms with Gasteiger partial charge in [-0.25, -0.2) is 0 Å². The van der Waals surface area contributed by atoms with Crippen molar-refractivity contribution in [3.63, 3.8) is 0 Å². The first kappa shape index (κ1) is 20.9. The lowest BCUT2D eigenvalue weighted by Gasteiger charge is -2.12. The van der Waals surface area contributed by atoms with Gasteiger partial charge in [0.1, 0.15) is 23.8 Å². The highest BCUT2D eigenvalue weighted by molar-refractivity contribution is 6.05. The third-order valence-corrected chi connectivity index (χ3v) is 4.36. The van der Waals surface area contributed by atoms with Crippen molar-refractivity contribution < 1.29 is 18.7 Å². The Kier molecular flexibility index (Phi) is 7.05. The predicted molar refractivity (Wildman–Crippen MR) is 115 cm³/mol. The first-order chi connectivity index (χ1) is 14.5. The van der Waals surface area contributed by atoms with Crippen LogP contribution < -0.4 is 15.4 Å². The molecule has 1 heterocycles. The molecule has 0 spiro atoms. The summed E-state index contributed by atoms with van der Waals surface area (Å²) in [4.78, 5) is 25.4. The Hall–Kier alpha value is -3.80. The normalized spacial score (nSPS) is 11.1. The summed E-state index contributed by atoms with van der Waals surface area (Å²) in [6.07, 6.45) is 2.99. The van der Waals surface area contributed by atoms with Gasteiger partial charge in [-0.2, -0.15) is 0 Å². The molecular weight excluding hydrogens is 380 g/mol. The average Bonchev–Trinajstić information content (AvgIpc) is 3.24. The van der Waals surface area contributed by atoms with Crippen LogP contribution in [0.2, 0.25) is 0 Å². The number of hydrogen-bond acceptors (Lipinski definition) is 4. The van der Waals surface area contributed by atoms with E-state index in [2.05, 4.69) is 10.6 Å². The molecule has 0 bridgehead atoms. The Morgan fingerprint density at radius 3 is 2.60 bits per heavy atom. The number of nitrogens with one attached hydrogen (secondary N) is 2. The van der Waals surface area contributed by atoms with E-state index in [1.165, 1.54) is 12.3 Å². The zero-order chi connectivity index (χ0) is 21.3. The Balaban J connectivity index is 1.64. The Morgan fingerprint density at radius 1 is 1.03 bits per heavy atom. The fourth-order valence-corrected chi connectivity index (χ4v) is 2.83. The lowest BCUT2D eigenvalue weighted by molar-refractivity contribution is -0.117. The first-order valence-electron chi connectivity index (χ1n) is 9.63. The maximum Gasteiger partial charge on any atom is 0.268 e. The molecule has 0 saturated carbocycles. The summed E-state index contributed by atoms with van der Waals surface area (Å²) in [6, 6.07) is 18.3. The van der Waals surface area contributed by atoms with Crippen LogP contribution in [0.1, 0.15) is 27.2 Å². The van der Waals surface area contributed by atoms with Crippen LogP contribution in [0, 0.1) is 13.8 Å². The quantitative estimate of drug-likeness (QED) is 0.441. The van der Waals surface area contributed by atoms with Crippen LogP contribution in [0.5, 0.6) is 5.75 Å². The number of rotatable bonds is 8. The Bertz CT molecular complexity index is 1040. The number of hydrogen-bond donors (Lipinski definition) is 2. The molecule has 30 heavy (non-hydrogen) atoms. The molecule has 0 atom stereocenters. The van der Waals surface area contributed by atoms with Crippen molar-refractivity contribution >= 4 is 17.9 Å². The zero-order valence-electron chi connectivity index (χ0n) is 17.0. The van der Waals surface area contributed by atoms with Crippen LogP contribution in [0.4, 0.5) is 0 Å². The number of carbonyl (C=O) groups is 2. The molecule has 0 aliphatic rings. The summed E-state index contributed by atoms with van der Waals surface area (Å²) < 4.78 is 10.9. The molecule has 0 unspecified atom stereocenters. The van der Waals surface area contributed by atoms with E-state index < -0.39 is 5.91 Å². The minimum atomic E-state index is -0.429. The molecule has 154 valence electrons. The summed E-state index contributed by atoms with van der Waals surface area (Å²) in [5.74, 6) is 0.406. The van der Waals surface area contributed by atoms with Gasteiger partial charge in [-0.1, -0.05) is 30.3 Å². The van der Waals surface area contributed by atoms with Crippen LogP contribution in [-0.2, 0) is 4.79 Å². The molecule has 3 rings (SSSR count). The highest BCUT2D eigenvalue weighted by atomic mass is 16.5. The summed E-state index contributed by atoms with van der Waals surface area (Å²) in [6.45, 7) is 4.41. The van der Waals surface area contributed by atoms with Gasteiger partial charge in [0.05, 0.1) is 12.8 Å². The van der Waals surface area contributed by atoms with E-state index in [0.29, 0.717) is 17.9 Å². The van der Waals surface area contributed by atoms with E-state index in [0.717, 1.165) is 16.9 Å². The third-order valence-electron chi connectivity index (χ3n) is 4.36. The second-order valence-electron chi connectivity index (χ2n) is 6.76. The SMILES string of the molecule is Cc1cccc(OCCNC(=O)/C(=C/c2ccco2)NC(=O)c2ccccc2C)c1. The lowest BCUT2D eigenvalue weighted by Crippen LogP contribution is -2.36. The molecule has 2 amide bonds. The molecule has 6 heteroatoms. The highest BCUT2D eigenvalue weighted by Gasteiger charge is 2.16. The second kappa shape index (κ2) is 10.1. The topological polar surface area (TPSA) is 80.6 Å². The van der Waals surface area contributed by atoms with Gasteiger partial charge in [0, 0.05) is 11.6 Å². The monoisotopic (exact) mass is 404 g/mol. The zero-order valence-corrected chi connectivity index (χ0v) is 17.0. The van der Waals surface area contributed by atoms with E-state index in [1.54, 1.807) is 24.3 Å². The highest BCUT2D eigenvalue weighted by Crippen LogP contribution is 2.12. The van der Waals surface area contributed by atoms with Crippen molar-refractivity contribution in [3.05, 3.63) is 95.1 Å². The standard InChI is InChI=1S/C24H24N2O4/c1-17-7-5-9-19(15-17)30-14-12-25-24(28)22(16-20-10-6-13-29-20)26-23(27)21-11-4-3-8-18(21)2/h3-11,13,15-16H,12,14H2,1-2H3,(H,25,28)(H,26,27)/b22-16-. The fraction of sp³-hybridized carbons (Fsp3) is 0.167. The molecule has 0 aliphatic carbocycles. The van der Waals surface area contributed by atoms with Crippen LogP contribution in [0.3, 0.4) is 0 Å². The molecule has 3 aromatic rings. The molecule has 1 aromatic heterocycles. The van der Waals surface area contributed by atoms with Crippen molar-refractivity contribution in [2.24, 2.45) is 0 Å². The number of benzene rings is 2. The van der Waals surface area contributed by atoms with Gasteiger partial charge < -0.3 is 19.8 Å².